The summed E-state index contributed by atoms with van der Waals surface area (Å²) >= 11 is 5.67. The highest BCUT2D eigenvalue weighted by Crippen LogP contribution is 2.51. The van der Waals surface area contributed by atoms with Crippen LogP contribution in [0.25, 0.3) is 0 Å². The van der Waals surface area contributed by atoms with Crippen LogP contribution in [0.2, 0.25) is 0 Å². The van der Waals surface area contributed by atoms with Gasteiger partial charge in [-0.1, -0.05) is 117 Å². The number of thiocarbonyl (C=S) groups is 1. The number of aromatic nitrogens is 2. The first-order valence-corrected chi connectivity index (χ1v) is 17.1. The van der Waals surface area contributed by atoms with Crippen LogP contribution in [0.15, 0.2) is 116 Å². The van der Waals surface area contributed by atoms with Crippen molar-refractivity contribution in [1.29, 1.82) is 0 Å². The van der Waals surface area contributed by atoms with Gasteiger partial charge in [0, 0.05) is 12.4 Å². The maximum Gasteiger partial charge on any atom is 0.339 e. The molecule has 0 bridgehead atoms. The molecule has 0 radical (unpaired) electrons. The third-order valence-electron chi connectivity index (χ3n) is 8.32. The Morgan fingerprint density at radius 2 is 1.41 bits per heavy atom. The van der Waals surface area contributed by atoms with Gasteiger partial charge in [-0.25, -0.2) is 9.78 Å². The van der Waals surface area contributed by atoms with Crippen molar-refractivity contribution in [2.45, 2.75) is 71.1 Å². The van der Waals surface area contributed by atoms with Gasteiger partial charge in [-0.3, -0.25) is 4.57 Å². The Kier molecular flexibility index (Phi) is 11.6. The molecule has 6 rings (SSSR count). The minimum atomic E-state index is -0.807. The standard InChI is InChI=1S/C40H40N2O6S/c1-2-3-4-14-21-33(47-40(49)42-23-22-41-28-42)36-35-32(39(43)48-36)24-34(44-25-29-15-8-5-9-16-29)37(45-26-30-17-10-6-11-18-30)38(35)46-27-31-19-12-7-13-20-31/h5-13,15-20,22-24,28,33,36H,2-4,14,21,25-27H2,1H3/t33?,36-/m0/s1. The van der Waals surface area contributed by atoms with Crippen molar-refractivity contribution < 1.29 is 28.5 Å². The van der Waals surface area contributed by atoms with E-state index in [-0.39, 0.29) is 25.0 Å². The molecule has 0 spiro atoms. The Bertz CT molecular complexity index is 1800. The van der Waals surface area contributed by atoms with Crippen LogP contribution in [-0.2, 0) is 29.3 Å². The van der Waals surface area contributed by atoms with Crippen LogP contribution in [-0.4, -0.2) is 26.8 Å². The van der Waals surface area contributed by atoms with Crippen molar-refractivity contribution in [1.82, 2.24) is 9.55 Å². The van der Waals surface area contributed by atoms with Crippen LogP contribution in [0.3, 0.4) is 0 Å². The Morgan fingerprint density at radius 1 is 0.816 bits per heavy atom. The van der Waals surface area contributed by atoms with Crippen molar-refractivity contribution >= 4 is 23.4 Å². The first-order chi connectivity index (χ1) is 24.1. The molecule has 1 aromatic heterocycles. The minimum absolute atomic E-state index is 0.220. The molecule has 9 heteroatoms. The molecule has 8 nitrogen and oxygen atoms in total. The molecule has 252 valence electrons. The molecule has 0 fully saturated rings. The number of unbranched alkanes of at least 4 members (excludes halogenated alkanes) is 3. The van der Waals surface area contributed by atoms with Crippen LogP contribution in [0, 0.1) is 0 Å². The fraction of sp³-hybridized carbons (Fsp3) is 0.275. The number of hydrogen-bond acceptors (Lipinski definition) is 8. The van der Waals surface area contributed by atoms with Gasteiger partial charge in [0.1, 0.15) is 32.3 Å². The molecule has 1 aliphatic heterocycles. The summed E-state index contributed by atoms with van der Waals surface area (Å²) in [6.45, 7) is 2.92. The van der Waals surface area contributed by atoms with Gasteiger partial charge in [0.15, 0.2) is 17.6 Å². The highest BCUT2D eigenvalue weighted by molar-refractivity contribution is 7.80. The van der Waals surface area contributed by atoms with Crippen molar-refractivity contribution in [3.8, 4) is 17.2 Å². The van der Waals surface area contributed by atoms with Crippen LogP contribution >= 0.6 is 12.2 Å². The monoisotopic (exact) mass is 676 g/mol. The number of benzene rings is 4. The number of carbonyl (C=O) groups excluding carboxylic acids is 1. The van der Waals surface area contributed by atoms with Gasteiger partial charge < -0.3 is 23.7 Å². The van der Waals surface area contributed by atoms with Gasteiger partial charge in [-0.05, 0) is 47.8 Å². The Balaban J connectivity index is 1.43. The SMILES string of the molecule is CCCCCCC(OC(=S)n1ccnc1)[C@@H]1OC(=O)c2cc(OCc3ccccc3)c(OCc3ccccc3)c(OCc3ccccc3)c21. The first-order valence-electron chi connectivity index (χ1n) is 16.7. The molecule has 5 aromatic rings. The van der Waals surface area contributed by atoms with Crippen LogP contribution < -0.4 is 14.2 Å². The summed E-state index contributed by atoms with van der Waals surface area (Å²) in [4.78, 5) is 17.9. The topological polar surface area (TPSA) is 81.0 Å². The van der Waals surface area contributed by atoms with Crippen LogP contribution in [0.5, 0.6) is 17.2 Å². The Labute approximate surface area is 292 Å². The van der Waals surface area contributed by atoms with E-state index in [0.29, 0.717) is 34.8 Å². The largest absolute Gasteiger partial charge is 0.485 e. The molecule has 0 saturated carbocycles. The Hall–Kier alpha value is -5.15. The lowest BCUT2D eigenvalue weighted by atomic mass is 9.95. The number of cyclic esters (lactones) is 1. The summed E-state index contributed by atoms with van der Waals surface area (Å²) < 4.78 is 33.9. The van der Waals surface area contributed by atoms with Gasteiger partial charge in [0.05, 0.1) is 11.1 Å². The van der Waals surface area contributed by atoms with E-state index in [4.69, 9.17) is 35.9 Å². The van der Waals surface area contributed by atoms with Crippen molar-refractivity contribution in [2.24, 2.45) is 0 Å². The first kappa shape index (κ1) is 33.7. The molecule has 0 amide bonds. The van der Waals surface area contributed by atoms with E-state index in [9.17, 15) is 4.79 Å². The van der Waals surface area contributed by atoms with Gasteiger partial charge >= 0.3 is 5.97 Å². The average Bonchev–Trinajstić information content (AvgIpc) is 3.80. The lowest BCUT2D eigenvalue weighted by Crippen LogP contribution is -2.28. The van der Waals surface area contributed by atoms with Crippen LogP contribution in [0.1, 0.15) is 77.7 Å². The fourth-order valence-electron chi connectivity index (χ4n) is 5.77. The molecule has 0 N–H and O–H groups in total. The van der Waals surface area contributed by atoms with Gasteiger partial charge in [0.2, 0.25) is 5.75 Å². The average molecular weight is 677 g/mol. The predicted octanol–water partition coefficient (Wildman–Crippen LogP) is 9.02. The van der Waals surface area contributed by atoms with E-state index in [1.807, 2.05) is 91.0 Å². The number of esters is 1. The van der Waals surface area contributed by atoms with Crippen molar-refractivity contribution in [3.05, 3.63) is 144 Å². The van der Waals surface area contributed by atoms with Gasteiger partial charge in [-0.2, -0.15) is 0 Å². The second-order valence-electron chi connectivity index (χ2n) is 11.9. The van der Waals surface area contributed by atoms with Gasteiger partial charge in [-0.15, -0.1) is 0 Å². The van der Waals surface area contributed by atoms with Gasteiger partial charge in [0.25, 0.3) is 5.17 Å². The van der Waals surface area contributed by atoms with E-state index in [1.54, 1.807) is 29.4 Å². The number of hydrogen-bond donors (Lipinski definition) is 0. The number of fused-ring (bicyclic) bond motifs is 1. The minimum Gasteiger partial charge on any atom is -0.485 e. The van der Waals surface area contributed by atoms with E-state index in [2.05, 4.69) is 11.9 Å². The lowest BCUT2D eigenvalue weighted by molar-refractivity contribution is -0.00854. The summed E-state index contributed by atoms with van der Waals surface area (Å²) in [5.41, 5.74) is 3.80. The molecule has 2 heterocycles. The molecular formula is C40H40N2O6S. The number of rotatable bonds is 16. The smallest absolute Gasteiger partial charge is 0.339 e. The summed E-state index contributed by atoms with van der Waals surface area (Å²) in [5, 5.41) is 0.220. The third-order valence-corrected chi connectivity index (χ3v) is 8.62. The molecule has 0 aliphatic carbocycles. The second kappa shape index (κ2) is 16.8. The van der Waals surface area contributed by atoms with E-state index >= 15 is 0 Å². The number of carbonyl (C=O) groups is 1. The summed E-state index contributed by atoms with van der Waals surface area (Å²) in [7, 11) is 0. The predicted molar refractivity (Wildman–Crippen MR) is 191 cm³/mol. The molecule has 4 aromatic carbocycles. The summed E-state index contributed by atoms with van der Waals surface area (Å²) in [6.07, 6.45) is 8.22. The molecular weight excluding hydrogens is 637 g/mol. The maximum absolute atomic E-state index is 13.7. The molecule has 1 aliphatic rings. The lowest BCUT2D eigenvalue weighted by Gasteiger charge is -2.27. The normalized spacial score (nSPS) is 14.1. The van der Waals surface area contributed by atoms with E-state index < -0.39 is 18.2 Å². The number of imidazole rings is 1. The van der Waals surface area contributed by atoms with Crippen molar-refractivity contribution in [3.63, 3.8) is 0 Å². The summed E-state index contributed by atoms with van der Waals surface area (Å²) in [6, 6.07) is 31.3. The molecule has 49 heavy (non-hydrogen) atoms. The van der Waals surface area contributed by atoms with Crippen LogP contribution in [0.4, 0.5) is 0 Å². The zero-order valence-electron chi connectivity index (χ0n) is 27.5. The molecule has 2 atom stereocenters. The number of nitrogens with zero attached hydrogens (tertiary/aromatic N) is 2. The second-order valence-corrected chi connectivity index (χ2v) is 12.2. The summed E-state index contributed by atoms with van der Waals surface area (Å²) in [5.74, 6) is 0.666. The number of ether oxygens (including phenoxy) is 5. The highest BCUT2D eigenvalue weighted by atomic mass is 32.1. The zero-order chi connectivity index (χ0) is 33.8. The fourth-order valence-corrected chi connectivity index (χ4v) is 6.00. The third kappa shape index (κ3) is 8.66. The van der Waals surface area contributed by atoms with E-state index in [1.165, 1.54) is 0 Å². The van der Waals surface area contributed by atoms with E-state index in [0.717, 1.165) is 42.4 Å². The maximum atomic E-state index is 13.7. The quantitative estimate of drug-likeness (QED) is 0.0582. The Morgan fingerprint density at radius 3 is 1.98 bits per heavy atom. The molecule has 0 saturated heterocycles. The highest BCUT2D eigenvalue weighted by Gasteiger charge is 2.43. The van der Waals surface area contributed by atoms with Crippen molar-refractivity contribution in [2.75, 3.05) is 0 Å². The zero-order valence-corrected chi connectivity index (χ0v) is 28.3. The molecule has 1 unspecified atom stereocenters.